The zero-order chi connectivity index (χ0) is 13.1. The number of hydrogen-bond donors (Lipinski definition) is 0. The number of benzene rings is 4. The smallest absolute Gasteiger partial charge is 0.132 e. The number of halogens is 3. The predicted molar refractivity (Wildman–Crippen MR) is 80.1 cm³/mol. The van der Waals surface area contributed by atoms with Crippen molar-refractivity contribution >= 4 is 55.5 Å². The molecule has 4 aromatic carbocycles. The van der Waals surface area contributed by atoms with Gasteiger partial charge in [0.1, 0.15) is 5.82 Å². The van der Waals surface area contributed by atoms with Gasteiger partial charge in [-0.3, -0.25) is 0 Å². The summed E-state index contributed by atoms with van der Waals surface area (Å²) in [5.41, 5.74) is 0. The number of hydrogen-bond acceptors (Lipinski definition) is 0. The van der Waals surface area contributed by atoms with Crippen molar-refractivity contribution in [3.05, 3.63) is 58.3 Å². The lowest BCUT2D eigenvalue weighted by Gasteiger charge is -2.13. The van der Waals surface area contributed by atoms with Gasteiger partial charge in [0.25, 0.3) is 0 Å². The van der Waals surface area contributed by atoms with E-state index in [9.17, 15) is 4.39 Å². The Labute approximate surface area is 118 Å². The molecule has 4 rings (SSSR count). The highest BCUT2D eigenvalue weighted by atomic mass is 35.5. The van der Waals surface area contributed by atoms with E-state index in [2.05, 4.69) is 0 Å². The molecule has 0 saturated carbocycles. The zero-order valence-electron chi connectivity index (χ0n) is 9.68. The Hall–Kier alpha value is -1.57. The highest BCUT2D eigenvalue weighted by molar-refractivity contribution is 6.46. The third-order valence-corrected chi connectivity index (χ3v) is 4.19. The van der Waals surface area contributed by atoms with Crippen molar-refractivity contribution in [2.45, 2.75) is 0 Å². The summed E-state index contributed by atoms with van der Waals surface area (Å²) in [7, 11) is 0. The SMILES string of the molecule is Fc1cc(Cl)c2c(Cl)cc3cccc4ccc1c2c43. The van der Waals surface area contributed by atoms with Crippen molar-refractivity contribution in [2.75, 3.05) is 0 Å². The fourth-order valence-electron chi connectivity index (χ4n) is 2.81. The standard InChI is InChI=1S/C16H7Cl2F/c17-11-6-9-3-1-2-8-4-5-10-13(19)7-12(18)16(11)15(10)14(8)9/h1-7H. The van der Waals surface area contributed by atoms with Crippen LogP contribution in [0.15, 0.2) is 42.5 Å². The van der Waals surface area contributed by atoms with Gasteiger partial charge >= 0.3 is 0 Å². The first-order chi connectivity index (χ1) is 9.16. The zero-order valence-corrected chi connectivity index (χ0v) is 11.2. The molecule has 0 heterocycles. The second-order valence-corrected chi connectivity index (χ2v) is 5.46. The molecule has 0 aliphatic carbocycles. The van der Waals surface area contributed by atoms with Crippen LogP contribution in [0.5, 0.6) is 0 Å². The van der Waals surface area contributed by atoms with Crippen LogP contribution in [-0.4, -0.2) is 0 Å². The van der Waals surface area contributed by atoms with Crippen LogP contribution in [0.1, 0.15) is 0 Å². The molecule has 0 unspecified atom stereocenters. The Morgan fingerprint density at radius 1 is 0.737 bits per heavy atom. The first-order valence-corrected chi connectivity index (χ1v) is 6.63. The molecule has 0 radical (unpaired) electrons. The highest BCUT2D eigenvalue weighted by Gasteiger charge is 2.16. The van der Waals surface area contributed by atoms with Crippen LogP contribution in [0, 0.1) is 5.82 Å². The molecule has 0 N–H and O–H groups in total. The van der Waals surface area contributed by atoms with E-state index in [-0.39, 0.29) is 5.82 Å². The van der Waals surface area contributed by atoms with Gasteiger partial charge in [0, 0.05) is 16.2 Å². The summed E-state index contributed by atoms with van der Waals surface area (Å²) in [5.74, 6) is -0.313. The first kappa shape index (κ1) is 11.3. The average molecular weight is 289 g/mol. The molecule has 0 spiro atoms. The maximum absolute atomic E-state index is 14.1. The normalized spacial score (nSPS) is 11.9. The van der Waals surface area contributed by atoms with Gasteiger partial charge < -0.3 is 0 Å². The third kappa shape index (κ3) is 1.40. The van der Waals surface area contributed by atoms with Crippen LogP contribution in [0.4, 0.5) is 4.39 Å². The van der Waals surface area contributed by atoms with Gasteiger partial charge in [-0.05, 0) is 28.3 Å². The summed E-state index contributed by atoms with van der Waals surface area (Å²) in [6.07, 6.45) is 0. The van der Waals surface area contributed by atoms with Crippen molar-refractivity contribution in [2.24, 2.45) is 0 Å². The molecule has 0 aliphatic rings. The Balaban J connectivity index is 2.50. The van der Waals surface area contributed by atoms with Crippen molar-refractivity contribution in [1.82, 2.24) is 0 Å². The van der Waals surface area contributed by atoms with Crippen molar-refractivity contribution in [3.8, 4) is 0 Å². The Morgan fingerprint density at radius 3 is 2.32 bits per heavy atom. The molecule has 0 bridgehead atoms. The molecule has 0 saturated heterocycles. The molecule has 0 fully saturated rings. The van der Waals surface area contributed by atoms with Gasteiger partial charge in [-0.1, -0.05) is 53.5 Å². The lowest BCUT2D eigenvalue weighted by Crippen LogP contribution is -1.88. The maximum atomic E-state index is 14.1. The fourth-order valence-corrected chi connectivity index (χ4v) is 3.46. The average Bonchev–Trinajstić information content (AvgIpc) is 2.38. The molecule has 0 amide bonds. The molecule has 0 nitrogen and oxygen atoms in total. The van der Waals surface area contributed by atoms with E-state index >= 15 is 0 Å². The van der Waals surface area contributed by atoms with E-state index in [1.807, 2.05) is 30.3 Å². The summed E-state index contributed by atoms with van der Waals surface area (Å²) in [5, 5.41) is 6.09. The van der Waals surface area contributed by atoms with E-state index in [1.54, 1.807) is 6.07 Å². The van der Waals surface area contributed by atoms with E-state index < -0.39 is 0 Å². The summed E-state index contributed by atoms with van der Waals surface area (Å²) >= 11 is 12.5. The van der Waals surface area contributed by atoms with E-state index in [1.165, 1.54) is 6.07 Å². The minimum atomic E-state index is -0.313. The lowest BCUT2D eigenvalue weighted by atomic mass is 9.94. The highest BCUT2D eigenvalue weighted by Crippen LogP contribution is 2.42. The molecular weight excluding hydrogens is 282 g/mol. The van der Waals surface area contributed by atoms with Crippen LogP contribution >= 0.6 is 23.2 Å². The van der Waals surface area contributed by atoms with Gasteiger partial charge in [0.2, 0.25) is 0 Å². The quantitative estimate of drug-likeness (QED) is 0.347. The van der Waals surface area contributed by atoms with E-state index in [0.717, 1.165) is 26.9 Å². The molecule has 92 valence electrons. The van der Waals surface area contributed by atoms with E-state index in [0.29, 0.717) is 15.4 Å². The summed E-state index contributed by atoms with van der Waals surface area (Å²) in [6.45, 7) is 0. The number of rotatable bonds is 0. The predicted octanol–water partition coefficient (Wildman–Crippen LogP) is 6.03. The van der Waals surface area contributed by atoms with Gasteiger partial charge in [-0.15, -0.1) is 0 Å². The van der Waals surface area contributed by atoms with Crippen LogP contribution in [0.2, 0.25) is 10.0 Å². The van der Waals surface area contributed by atoms with Gasteiger partial charge in [-0.2, -0.15) is 0 Å². The lowest BCUT2D eigenvalue weighted by molar-refractivity contribution is 0.640. The minimum Gasteiger partial charge on any atom is -0.206 e. The van der Waals surface area contributed by atoms with Gasteiger partial charge in [-0.25, -0.2) is 4.39 Å². The molecule has 3 heteroatoms. The van der Waals surface area contributed by atoms with Crippen LogP contribution in [0.25, 0.3) is 32.3 Å². The minimum absolute atomic E-state index is 0.313. The Bertz CT molecular complexity index is 944. The molecular formula is C16H7Cl2F. The Morgan fingerprint density at radius 2 is 1.47 bits per heavy atom. The second-order valence-electron chi connectivity index (χ2n) is 4.64. The molecule has 0 aliphatic heterocycles. The molecule has 4 aromatic rings. The van der Waals surface area contributed by atoms with Crippen molar-refractivity contribution in [3.63, 3.8) is 0 Å². The molecule has 0 aromatic heterocycles. The van der Waals surface area contributed by atoms with Gasteiger partial charge in [0.05, 0.1) is 10.0 Å². The van der Waals surface area contributed by atoms with Crippen LogP contribution < -0.4 is 0 Å². The van der Waals surface area contributed by atoms with Crippen molar-refractivity contribution < 1.29 is 4.39 Å². The van der Waals surface area contributed by atoms with Crippen LogP contribution in [0.3, 0.4) is 0 Å². The van der Waals surface area contributed by atoms with E-state index in [4.69, 9.17) is 23.2 Å². The fraction of sp³-hybridized carbons (Fsp3) is 0. The Kier molecular flexibility index (Phi) is 2.21. The topological polar surface area (TPSA) is 0 Å². The first-order valence-electron chi connectivity index (χ1n) is 5.88. The van der Waals surface area contributed by atoms with Crippen molar-refractivity contribution in [1.29, 1.82) is 0 Å². The largest absolute Gasteiger partial charge is 0.206 e. The maximum Gasteiger partial charge on any atom is 0.132 e. The third-order valence-electron chi connectivity index (χ3n) is 3.60. The van der Waals surface area contributed by atoms with Crippen LogP contribution in [-0.2, 0) is 0 Å². The monoisotopic (exact) mass is 288 g/mol. The molecule has 19 heavy (non-hydrogen) atoms. The summed E-state index contributed by atoms with van der Waals surface area (Å²) in [4.78, 5) is 0. The summed E-state index contributed by atoms with van der Waals surface area (Å²) < 4.78 is 14.1. The van der Waals surface area contributed by atoms with Gasteiger partial charge in [0.15, 0.2) is 0 Å². The molecule has 0 atom stereocenters. The summed E-state index contributed by atoms with van der Waals surface area (Å²) in [6, 6.07) is 12.9. The second kappa shape index (κ2) is 3.72.